The minimum Gasteiger partial charge on any atom is -0.505 e. The Kier molecular flexibility index (Phi) is 4.57. The minimum atomic E-state index is -1.39. The smallest absolute Gasteiger partial charge is 0.358 e. The molecular formula is C15H14FNO5. The number of rotatable bonds is 5. The maximum atomic E-state index is 12.8. The molecule has 2 aromatic rings. The number of ether oxygens (including phenoxy) is 1. The summed E-state index contributed by atoms with van der Waals surface area (Å²) in [5.74, 6) is -1.98. The van der Waals surface area contributed by atoms with Crippen molar-refractivity contribution in [3.05, 3.63) is 52.6 Å². The average Bonchev–Trinajstić information content (AvgIpc) is 2.49. The van der Waals surface area contributed by atoms with Crippen LogP contribution in [-0.4, -0.2) is 26.3 Å². The molecule has 0 aliphatic carbocycles. The Morgan fingerprint density at radius 3 is 2.45 bits per heavy atom. The van der Waals surface area contributed by atoms with Crippen molar-refractivity contribution in [1.29, 1.82) is 0 Å². The molecule has 22 heavy (non-hydrogen) atoms. The number of aliphatic hydroxyl groups excluding tert-OH is 1. The molecule has 0 amide bonds. The molecule has 1 heterocycles. The molecule has 0 atom stereocenters. The Labute approximate surface area is 125 Å². The number of halogens is 1. The summed E-state index contributed by atoms with van der Waals surface area (Å²) in [4.78, 5) is 14.8. The number of aromatic carboxylic acids is 1. The van der Waals surface area contributed by atoms with Gasteiger partial charge in [-0.15, -0.1) is 0 Å². The number of benzene rings is 1. The first-order valence-electron chi connectivity index (χ1n) is 6.38. The van der Waals surface area contributed by atoms with Crippen molar-refractivity contribution in [3.63, 3.8) is 0 Å². The van der Waals surface area contributed by atoms with E-state index in [0.717, 1.165) is 0 Å². The van der Waals surface area contributed by atoms with Gasteiger partial charge in [-0.05, 0) is 31.2 Å². The number of hydrogen-bond donors (Lipinski definition) is 3. The molecule has 0 bridgehead atoms. The second kappa shape index (κ2) is 6.40. The molecule has 2 rings (SSSR count). The van der Waals surface area contributed by atoms with Crippen LogP contribution >= 0.6 is 0 Å². The Morgan fingerprint density at radius 1 is 1.27 bits per heavy atom. The molecule has 0 saturated heterocycles. The molecule has 6 nitrogen and oxygen atoms in total. The van der Waals surface area contributed by atoms with Gasteiger partial charge in [0.05, 0.1) is 6.61 Å². The van der Waals surface area contributed by atoms with Crippen molar-refractivity contribution in [2.75, 3.05) is 0 Å². The molecule has 7 heteroatoms. The van der Waals surface area contributed by atoms with Gasteiger partial charge in [-0.1, -0.05) is 0 Å². The molecule has 0 fully saturated rings. The van der Waals surface area contributed by atoms with Crippen molar-refractivity contribution in [3.8, 4) is 11.5 Å². The third-order valence-corrected chi connectivity index (χ3v) is 3.15. The number of hydrogen-bond acceptors (Lipinski definition) is 5. The van der Waals surface area contributed by atoms with Crippen LogP contribution in [0.1, 0.15) is 27.3 Å². The van der Waals surface area contributed by atoms with Gasteiger partial charge in [-0.3, -0.25) is 0 Å². The van der Waals surface area contributed by atoms with Crippen LogP contribution in [-0.2, 0) is 13.2 Å². The summed E-state index contributed by atoms with van der Waals surface area (Å²) in [6, 6.07) is 5.33. The van der Waals surface area contributed by atoms with E-state index >= 15 is 0 Å². The number of aliphatic hydroxyl groups is 1. The zero-order valence-electron chi connectivity index (χ0n) is 11.7. The summed E-state index contributed by atoms with van der Waals surface area (Å²) in [6.07, 6.45) is 0. The van der Waals surface area contributed by atoms with Crippen LogP contribution in [0.4, 0.5) is 4.39 Å². The molecule has 0 aliphatic rings. The largest absolute Gasteiger partial charge is 0.505 e. The normalized spacial score (nSPS) is 10.5. The topological polar surface area (TPSA) is 99.9 Å². The maximum Gasteiger partial charge on any atom is 0.358 e. The lowest BCUT2D eigenvalue weighted by Crippen LogP contribution is -2.11. The number of pyridine rings is 1. The lowest BCUT2D eigenvalue weighted by Gasteiger charge is -2.15. The van der Waals surface area contributed by atoms with Crippen molar-refractivity contribution in [2.24, 2.45) is 0 Å². The number of aryl methyl sites for hydroxylation is 1. The van der Waals surface area contributed by atoms with Gasteiger partial charge >= 0.3 is 5.97 Å². The van der Waals surface area contributed by atoms with Crippen molar-refractivity contribution < 1.29 is 29.2 Å². The van der Waals surface area contributed by atoms with E-state index in [2.05, 4.69) is 4.98 Å². The lowest BCUT2D eigenvalue weighted by molar-refractivity contribution is 0.0686. The summed E-state index contributed by atoms with van der Waals surface area (Å²) in [6.45, 7) is 0.944. The Hall–Kier alpha value is -2.67. The zero-order chi connectivity index (χ0) is 16.3. The predicted molar refractivity (Wildman–Crippen MR) is 74.3 cm³/mol. The summed E-state index contributed by atoms with van der Waals surface area (Å²) < 4.78 is 18.3. The highest BCUT2D eigenvalue weighted by atomic mass is 19.1. The van der Waals surface area contributed by atoms with E-state index in [-0.39, 0.29) is 12.2 Å². The van der Waals surface area contributed by atoms with E-state index in [1.807, 2.05) is 0 Å². The molecule has 0 spiro atoms. The van der Waals surface area contributed by atoms with Gasteiger partial charge in [-0.25, -0.2) is 14.2 Å². The van der Waals surface area contributed by atoms with Gasteiger partial charge in [0.15, 0.2) is 11.4 Å². The summed E-state index contributed by atoms with van der Waals surface area (Å²) in [5.41, 5.74) is 0.231. The standard InChI is InChI=1S/C15H14FNO5/c1-8-12(7-22-10-4-2-9(16)3-5-10)11(6-18)14(19)13(17-8)15(20)21/h2-5,18-19H,6-7H2,1H3,(H,20,21). The van der Waals surface area contributed by atoms with Crippen LogP contribution < -0.4 is 4.74 Å². The molecule has 0 aliphatic heterocycles. The van der Waals surface area contributed by atoms with E-state index in [1.54, 1.807) is 6.92 Å². The van der Waals surface area contributed by atoms with Gasteiger partial charge < -0.3 is 20.1 Å². The average molecular weight is 307 g/mol. The highest BCUT2D eigenvalue weighted by Crippen LogP contribution is 2.28. The number of nitrogens with zero attached hydrogens (tertiary/aromatic N) is 1. The van der Waals surface area contributed by atoms with Crippen molar-refractivity contribution in [2.45, 2.75) is 20.1 Å². The third-order valence-electron chi connectivity index (χ3n) is 3.15. The monoisotopic (exact) mass is 307 g/mol. The van der Waals surface area contributed by atoms with E-state index in [4.69, 9.17) is 9.84 Å². The fraction of sp³-hybridized carbons (Fsp3) is 0.200. The Morgan fingerprint density at radius 2 is 1.91 bits per heavy atom. The van der Waals surface area contributed by atoms with E-state index in [9.17, 15) is 19.4 Å². The Balaban J connectivity index is 2.32. The molecule has 0 unspecified atom stereocenters. The molecule has 0 radical (unpaired) electrons. The van der Waals surface area contributed by atoms with E-state index < -0.39 is 29.8 Å². The van der Waals surface area contributed by atoms with Crippen LogP contribution in [0, 0.1) is 12.7 Å². The molecular weight excluding hydrogens is 293 g/mol. The van der Waals surface area contributed by atoms with Crippen LogP contribution in [0.5, 0.6) is 11.5 Å². The zero-order valence-corrected chi connectivity index (χ0v) is 11.7. The molecule has 1 aromatic carbocycles. The molecule has 1 aromatic heterocycles. The SMILES string of the molecule is Cc1nc(C(=O)O)c(O)c(CO)c1COc1ccc(F)cc1. The molecule has 0 saturated carbocycles. The number of carboxylic acid groups (broad SMARTS) is 1. The fourth-order valence-electron chi connectivity index (χ4n) is 1.99. The summed E-state index contributed by atoms with van der Waals surface area (Å²) in [5, 5.41) is 28.2. The first-order valence-corrected chi connectivity index (χ1v) is 6.38. The number of aromatic hydroxyl groups is 1. The van der Waals surface area contributed by atoms with Gasteiger partial charge in [0, 0.05) is 16.8 Å². The quantitative estimate of drug-likeness (QED) is 0.781. The fourth-order valence-corrected chi connectivity index (χ4v) is 1.99. The molecule has 3 N–H and O–H groups in total. The Bertz CT molecular complexity index is 700. The number of aromatic nitrogens is 1. The predicted octanol–water partition coefficient (Wildman–Crippen LogP) is 2.00. The van der Waals surface area contributed by atoms with Gasteiger partial charge in [0.25, 0.3) is 0 Å². The summed E-state index contributed by atoms with van der Waals surface area (Å²) >= 11 is 0. The van der Waals surface area contributed by atoms with Gasteiger partial charge in [-0.2, -0.15) is 0 Å². The van der Waals surface area contributed by atoms with Crippen LogP contribution in [0.2, 0.25) is 0 Å². The van der Waals surface area contributed by atoms with Gasteiger partial charge in [0.1, 0.15) is 18.2 Å². The second-order valence-corrected chi connectivity index (χ2v) is 4.56. The van der Waals surface area contributed by atoms with Crippen molar-refractivity contribution in [1.82, 2.24) is 4.98 Å². The second-order valence-electron chi connectivity index (χ2n) is 4.56. The minimum absolute atomic E-state index is 0.0478. The van der Waals surface area contributed by atoms with Crippen molar-refractivity contribution >= 4 is 5.97 Å². The highest BCUT2D eigenvalue weighted by Gasteiger charge is 2.21. The number of carbonyl (C=O) groups is 1. The maximum absolute atomic E-state index is 12.8. The number of carboxylic acids is 1. The van der Waals surface area contributed by atoms with Crippen LogP contribution in [0.15, 0.2) is 24.3 Å². The van der Waals surface area contributed by atoms with Crippen LogP contribution in [0.3, 0.4) is 0 Å². The third kappa shape index (κ3) is 3.15. The molecule has 116 valence electrons. The van der Waals surface area contributed by atoms with Crippen LogP contribution in [0.25, 0.3) is 0 Å². The lowest BCUT2D eigenvalue weighted by atomic mass is 10.0. The van der Waals surface area contributed by atoms with E-state index in [0.29, 0.717) is 17.0 Å². The van der Waals surface area contributed by atoms with E-state index in [1.165, 1.54) is 24.3 Å². The highest BCUT2D eigenvalue weighted by molar-refractivity contribution is 5.89. The first kappa shape index (κ1) is 15.7. The van der Waals surface area contributed by atoms with Gasteiger partial charge in [0.2, 0.25) is 0 Å². The first-order chi connectivity index (χ1) is 10.4. The summed E-state index contributed by atoms with van der Waals surface area (Å²) in [7, 11) is 0.